The second kappa shape index (κ2) is 9.92. The Bertz CT molecular complexity index is 1350. The molecule has 0 saturated carbocycles. The van der Waals surface area contributed by atoms with Gasteiger partial charge in [-0.25, -0.2) is 4.98 Å². The molecular weight excluding hydrogens is 480 g/mol. The van der Waals surface area contributed by atoms with Crippen molar-refractivity contribution in [1.82, 2.24) is 19.4 Å². The molecule has 1 atom stereocenters. The largest absolute Gasteiger partial charge is 0.481 e. The van der Waals surface area contributed by atoms with Gasteiger partial charge in [0.1, 0.15) is 16.5 Å². The molecule has 4 rings (SSSR count). The van der Waals surface area contributed by atoms with Crippen molar-refractivity contribution in [3.05, 3.63) is 63.2 Å². The number of likely N-dealkylation sites (N-methyl/N-ethyl adjacent to an activating group) is 1. The van der Waals surface area contributed by atoms with E-state index in [-0.39, 0.29) is 22.3 Å². The number of halogens is 1. The fourth-order valence-electron chi connectivity index (χ4n) is 3.78. The first kappa shape index (κ1) is 23.9. The van der Waals surface area contributed by atoms with Gasteiger partial charge in [-0.1, -0.05) is 23.7 Å². The first-order valence-corrected chi connectivity index (χ1v) is 12.1. The van der Waals surface area contributed by atoms with Crippen LogP contribution in [0.1, 0.15) is 11.3 Å². The summed E-state index contributed by atoms with van der Waals surface area (Å²) in [5.41, 5.74) is 2.62. The Labute approximate surface area is 203 Å². The average molecular weight is 503 g/mol. The van der Waals surface area contributed by atoms with Crippen molar-refractivity contribution in [2.45, 2.75) is 17.9 Å². The van der Waals surface area contributed by atoms with Gasteiger partial charge in [0.25, 0.3) is 5.56 Å². The van der Waals surface area contributed by atoms with Gasteiger partial charge in [0.15, 0.2) is 5.82 Å². The summed E-state index contributed by atoms with van der Waals surface area (Å²) in [5, 5.41) is 15.2. The number of benzene rings is 1. The van der Waals surface area contributed by atoms with Gasteiger partial charge in [0.2, 0.25) is 5.95 Å². The number of aromatic nitrogens is 3. The number of anilines is 4. The highest BCUT2D eigenvalue weighted by molar-refractivity contribution is 7.86. The third-order valence-electron chi connectivity index (χ3n) is 5.43. The molecule has 0 saturated heterocycles. The normalized spacial score (nSPS) is 14.3. The molecule has 178 valence electrons. The fraction of sp³-hybridized carbons (Fsp3) is 0.273. The predicted molar refractivity (Wildman–Crippen MR) is 131 cm³/mol. The molecule has 1 aromatic carbocycles. The molecule has 10 nitrogen and oxygen atoms in total. The highest BCUT2D eigenvalue weighted by atomic mass is 35.5. The molecule has 2 aromatic heterocycles. The Kier molecular flexibility index (Phi) is 6.96. The van der Waals surface area contributed by atoms with E-state index in [2.05, 4.69) is 25.5 Å². The van der Waals surface area contributed by atoms with Gasteiger partial charge >= 0.3 is 5.97 Å². The second-order valence-corrected chi connectivity index (χ2v) is 9.73. The summed E-state index contributed by atoms with van der Waals surface area (Å²) in [7, 11) is 2.02. The number of hydrogen-bond acceptors (Lipinski definition) is 8. The summed E-state index contributed by atoms with van der Waals surface area (Å²) in [6.45, 7) is 1.62. The molecule has 3 aromatic rings. The molecule has 0 spiro atoms. The lowest BCUT2D eigenvalue weighted by Gasteiger charge is -2.27. The monoisotopic (exact) mass is 502 g/mol. The summed E-state index contributed by atoms with van der Waals surface area (Å²) < 4.78 is 14.1. The number of pyridine rings is 1. The zero-order chi connectivity index (χ0) is 24.4. The molecule has 0 bridgehead atoms. The van der Waals surface area contributed by atoms with Gasteiger partial charge in [-0.3, -0.25) is 13.8 Å². The SMILES string of the molecule is CN1CCc2c(cc(Nc3ncc(Cl)c(Nc4ccccc4S(=O)CC(=O)O)n3)c(=O)n2C)C1. The number of nitrogens with zero attached hydrogens (tertiary/aromatic N) is 4. The van der Waals surface area contributed by atoms with Gasteiger partial charge in [-0.05, 0) is 30.8 Å². The first-order chi connectivity index (χ1) is 16.2. The smallest absolute Gasteiger partial charge is 0.316 e. The minimum Gasteiger partial charge on any atom is -0.481 e. The molecule has 1 aliphatic rings. The van der Waals surface area contributed by atoms with Crippen molar-refractivity contribution in [1.29, 1.82) is 0 Å². The van der Waals surface area contributed by atoms with E-state index < -0.39 is 22.5 Å². The van der Waals surface area contributed by atoms with E-state index in [4.69, 9.17) is 16.7 Å². The van der Waals surface area contributed by atoms with Crippen LogP contribution in [0.3, 0.4) is 0 Å². The minimum absolute atomic E-state index is 0.150. The Morgan fingerprint density at radius 1 is 1.24 bits per heavy atom. The number of para-hydroxylation sites is 1. The molecule has 3 N–H and O–H groups in total. The van der Waals surface area contributed by atoms with Gasteiger partial charge in [-0.15, -0.1) is 0 Å². The van der Waals surface area contributed by atoms with Crippen molar-refractivity contribution < 1.29 is 14.1 Å². The van der Waals surface area contributed by atoms with Gasteiger partial charge in [-0.2, -0.15) is 4.98 Å². The lowest BCUT2D eigenvalue weighted by molar-refractivity contribution is -0.133. The number of carboxylic acid groups (broad SMARTS) is 1. The molecule has 3 heterocycles. The van der Waals surface area contributed by atoms with Crippen LogP contribution in [-0.2, 0) is 35.6 Å². The van der Waals surface area contributed by atoms with Crippen LogP contribution in [-0.4, -0.2) is 54.1 Å². The maximum absolute atomic E-state index is 12.9. The standard InChI is InChI=1S/C22H23ClN6O4S/c1-28-8-7-17-13(11-28)9-16(21(32)29(17)2)26-22-24-10-14(23)20(27-22)25-15-5-3-4-6-18(15)34(33)12-19(30)31/h3-6,9-10H,7-8,11-12H2,1-2H3,(H,30,31)(H2,24,25,26,27). The van der Waals surface area contributed by atoms with Crippen LogP contribution in [0, 0.1) is 0 Å². The molecule has 12 heteroatoms. The molecule has 34 heavy (non-hydrogen) atoms. The van der Waals surface area contributed by atoms with Crippen molar-refractivity contribution in [2.75, 3.05) is 30.0 Å². The zero-order valence-electron chi connectivity index (χ0n) is 18.5. The van der Waals surface area contributed by atoms with E-state index in [9.17, 15) is 13.8 Å². The topological polar surface area (TPSA) is 129 Å². The molecule has 1 aliphatic heterocycles. The Morgan fingerprint density at radius 3 is 2.76 bits per heavy atom. The Balaban J connectivity index is 1.63. The van der Waals surface area contributed by atoms with Crippen LogP contribution >= 0.6 is 11.6 Å². The van der Waals surface area contributed by atoms with Crippen molar-refractivity contribution >= 4 is 51.5 Å². The molecule has 0 amide bonds. The first-order valence-electron chi connectivity index (χ1n) is 10.4. The van der Waals surface area contributed by atoms with Gasteiger partial charge in [0, 0.05) is 32.3 Å². The van der Waals surface area contributed by atoms with E-state index in [1.54, 1.807) is 35.9 Å². The minimum atomic E-state index is -1.76. The quantitative estimate of drug-likeness (QED) is 0.446. The lowest BCUT2D eigenvalue weighted by atomic mass is 10.1. The van der Waals surface area contributed by atoms with E-state index >= 15 is 0 Å². The summed E-state index contributed by atoms with van der Waals surface area (Å²) in [4.78, 5) is 34.9. The van der Waals surface area contributed by atoms with Crippen LogP contribution in [0.2, 0.25) is 5.02 Å². The molecular formula is C22H23ClN6O4S. The molecule has 0 aliphatic carbocycles. The number of aliphatic carboxylic acids is 1. The third-order valence-corrected chi connectivity index (χ3v) is 7.06. The lowest BCUT2D eigenvalue weighted by Crippen LogP contribution is -2.33. The van der Waals surface area contributed by atoms with Crippen LogP contribution in [0.25, 0.3) is 0 Å². The van der Waals surface area contributed by atoms with Crippen molar-refractivity contribution in [3.8, 4) is 0 Å². The zero-order valence-corrected chi connectivity index (χ0v) is 20.1. The number of rotatable bonds is 7. The van der Waals surface area contributed by atoms with E-state index in [0.717, 1.165) is 30.8 Å². The average Bonchev–Trinajstić information content (AvgIpc) is 2.79. The van der Waals surface area contributed by atoms with Crippen LogP contribution < -0.4 is 16.2 Å². The summed E-state index contributed by atoms with van der Waals surface area (Å²) >= 11 is 6.28. The Morgan fingerprint density at radius 2 is 2.00 bits per heavy atom. The van der Waals surface area contributed by atoms with E-state index in [1.807, 2.05) is 13.1 Å². The van der Waals surface area contributed by atoms with Crippen molar-refractivity contribution in [2.24, 2.45) is 7.05 Å². The number of fused-ring (bicyclic) bond motifs is 1. The highest BCUT2D eigenvalue weighted by Gasteiger charge is 2.20. The number of carboxylic acids is 1. The van der Waals surface area contributed by atoms with E-state index in [1.165, 1.54) is 6.20 Å². The maximum Gasteiger partial charge on any atom is 0.316 e. The molecule has 0 radical (unpaired) electrons. The predicted octanol–water partition coefficient (Wildman–Crippen LogP) is 2.50. The maximum atomic E-state index is 12.9. The van der Waals surface area contributed by atoms with Crippen molar-refractivity contribution in [3.63, 3.8) is 0 Å². The van der Waals surface area contributed by atoms with Gasteiger partial charge < -0.3 is 25.2 Å². The fourth-order valence-corrected chi connectivity index (χ4v) is 4.89. The number of nitrogens with one attached hydrogen (secondary N) is 2. The second-order valence-electron chi connectivity index (χ2n) is 7.90. The Hall–Kier alpha value is -3.28. The van der Waals surface area contributed by atoms with E-state index in [0.29, 0.717) is 16.3 Å². The number of hydrogen-bond donors (Lipinski definition) is 3. The summed E-state index contributed by atoms with van der Waals surface area (Å²) in [6, 6.07) is 8.42. The summed E-state index contributed by atoms with van der Waals surface area (Å²) in [5.74, 6) is -1.33. The highest BCUT2D eigenvalue weighted by Crippen LogP contribution is 2.28. The molecule has 0 fully saturated rings. The van der Waals surface area contributed by atoms with Gasteiger partial charge in [0.05, 0.1) is 27.6 Å². The van der Waals surface area contributed by atoms with Crippen LogP contribution in [0.4, 0.5) is 23.1 Å². The third kappa shape index (κ3) is 5.11. The molecule has 1 unspecified atom stereocenters. The number of carbonyl (C=O) groups is 1. The van der Waals surface area contributed by atoms with Crippen LogP contribution in [0.15, 0.2) is 46.2 Å². The van der Waals surface area contributed by atoms with Crippen LogP contribution in [0.5, 0.6) is 0 Å². The summed E-state index contributed by atoms with van der Waals surface area (Å²) in [6.07, 6.45) is 2.18.